The summed E-state index contributed by atoms with van der Waals surface area (Å²) in [6.45, 7) is 3.94. The number of hydrogen-bond donors (Lipinski definition) is 1. The largest absolute Gasteiger partial charge is 0.350 e. The summed E-state index contributed by atoms with van der Waals surface area (Å²) >= 11 is 7.55. The number of H-pyrrole nitrogens is 1. The molecule has 1 aromatic heterocycles. The van der Waals surface area contributed by atoms with E-state index >= 15 is 0 Å². The van der Waals surface area contributed by atoms with Gasteiger partial charge >= 0.3 is 0 Å². The number of aryl methyl sites for hydroxylation is 2. The molecule has 2 aliphatic rings. The molecule has 6 heteroatoms. The Morgan fingerprint density at radius 2 is 1.95 bits per heavy atom. The number of hydrogen-bond acceptors (Lipinski definition) is 3. The van der Waals surface area contributed by atoms with Crippen molar-refractivity contribution in [2.45, 2.75) is 13.8 Å². The molecule has 0 fully saturated rings. The number of aromatic nitrogens is 3. The average Bonchev–Trinajstić information content (AvgIpc) is 3.02. The number of fused-ring (bicyclic) bond motifs is 3. The molecule has 2 aromatic rings. The van der Waals surface area contributed by atoms with Gasteiger partial charge in [0.2, 0.25) is 0 Å². The minimum absolute atomic E-state index is 0.112. The maximum atomic E-state index is 12.8. The summed E-state index contributed by atoms with van der Waals surface area (Å²) in [5, 5.41) is 8.31. The fourth-order valence-corrected chi connectivity index (χ4v) is 3.86. The Morgan fingerprint density at radius 3 is 2.68 bits per heavy atom. The van der Waals surface area contributed by atoms with E-state index in [1.807, 2.05) is 13.8 Å². The Morgan fingerprint density at radius 1 is 1.23 bits per heavy atom. The van der Waals surface area contributed by atoms with Gasteiger partial charge in [0.05, 0.1) is 11.3 Å². The summed E-state index contributed by atoms with van der Waals surface area (Å²) in [6, 6.07) is 7.11. The average molecular weight is 330 g/mol. The van der Waals surface area contributed by atoms with Crippen molar-refractivity contribution < 1.29 is 0 Å². The maximum Gasteiger partial charge on any atom is 0.282 e. The van der Waals surface area contributed by atoms with Gasteiger partial charge in [-0.25, -0.2) is 0 Å². The molecule has 4 rings (SSSR count). The van der Waals surface area contributed by atoms with Crippen LogP contribution in [0.3, 0.4) is 0 Å². The van der Waals surface area contributed by atoms with E-state index in [9.17, 15) is 4.79 Å². The van der Waals surface area contributed by atoms with Crippen molar-refractivity contribution in [1.29, 1.82) is 0 Å². The van der Waals surface area contributed by atoms with Crippen LogP contribution in [0.25, 0.3) is 27.2 Å². The zero-order chi connectivity index (χ0) is 15.4. The number of nitrogens with one attached hydrogen (secondary N) is 1. The van der Waals surface area contributed by atoms with Crippen LogP contribution in [0.1, 0.15) is 11.3 Å². The number of nitrogens with zero attached hydrogens (tertiary/aromatic N) is 2. The third-order valence-corrected chi connectivity index (χ3v) is 5.07. The Labute approximate surface area is 135 Å². The van der Waals surface area contributed by atoms with Gasteiger partial charge in [0.1, 0.15) is 10.5 Å². The number of pyridine rings is 1. The molecular weight excluding hydrogens is 318 g/mol. The molecule has 0 spiro atoms. The van der Waals surface area contributed by atoms with Crippen LogP contribution < -0.4 is 5.56 Å². The van der Waals surface area contributed by atoms with Crippen LogP contribution in [0.2, 0.25) is 5.02 Å². The smallest absolute Gasteiger partial charge is 0.282 e. The topological polar surface area (TPSA) is 50.7 Å². The third-order valence-electron chi connectivity index (χ3n) is 3.80. The van der Waals surface area contributed by atoms with Gasteiger partial charge in [-0.15, -0.1) is 11.3 Å². The molecule has 0 atom stereocenters. The van der Waals surface area contributed by atoms with Gasteiger partial charge < -0.3 is 4.98 Å². The highest BCUT2D eigenvalue weighted by molar-refractivity contribution is 7.17. The monoisotopic (exact) mass is 329 g/mol. The van der Waals surface area contributed by atoms with Crippen LogP contribution in [-0.4, -0.2) is 14.8 Å². The fraction of sp³-hybridized carbons (Fsp3) is 0.125. The van der Waals surface area contributed by atoms with Crippen molar-refractivity contribution >= 4 is 33.2 Å². The molecule has 0 bridgehead atoms. The third kappa shape index (κ3) is 1.82. The quantitative estimate of drug-likeness (QED) is 0.570. The molecule has 4 nitrogen and oxygen atoms in total. The number of aromatic amines is 1. The highest BCUT2D eigenvalue weighted by atomic mass is 35.5. The van der Waals surface area contributed by atoms with Gasteiger partial charge in [0.15, 0.2) is 0 Å². The van der Waals surface area contributed by atoms with Crippen LogP contribution in [-0.2, 0) is 0 Å². The summed E-state index contributed by atoms with van der Waals surface area (Å²) in [6.07, 6.45) is 0. The van der Waals surface area contributed by atoms with Gasteiger partial charge in [-0.2, -0.15) is 9.78 Å². The summed E-state index contributed by atoms with van der Waals surface area (Å²) in [4.78, 5) is 17.1. The molecule has 110 valence electrons. The first kappa shape index (κ1) is 13.5. The van der Waals surface area contributed by atoms with Crippen molar-refractivity contribution in [3.8, 4) is 16.9 Å². The molecule has 1 aromatic carbocycles. The van der Waals surface area contributed by atoms with E-state index in [2.05, 4.69) is 15.5 Å². The van der Waals surface area contributed by atoms with Crippen molar-refractivity contribution in [2.75, 3.05) is 0 Å². The first-order valence-corrected chi connectivity index (χ1v) is 8.07. The molecule has 0 unspecified atom stereocenters. The van der Waals surface area contributed by atoms with E-state index in [0.29, 0.717) is 16.3 Å². The van der Waals surface area contributed by atoms with Gasteiger partial charge in [0, 0.05) is 16.1 Å². The van der Waals surface area contributed by atoms with Gasteiger partial charge in [-0.05, 0) is 49.1 Å². The Bertz CT molecular complexity index is 1030. The zero-order valence-electron chi connectivity index (χ0n) is 12.0. The van der Waals surface area contributed by atoms with Crippen LogP contribution in [0, 0.1) is 13.8 Å². The molecule has 0 amide bonds. The van der Waals surface area contributed by atoms with E-state index in [1.54, 1.807) is 35.6 Å². The SMILES string of the molecule is Cc1[nH]c2scc(C)c2c2nn(-c3ccc(Cl)cc3)c(=O)c1-2. The molecule has 2 aliphatic heterocycles. The zero-order valence-corrected chi connectivity index (χ0v) is 13.5. The summed E-state index contributed by atoms with van der Waals surface area (Å²) < 4.78 is 1.44. The van der Waals surface area contributed by atoms with Crippen LogP contribution in [0.15, 0.2) is 34.4 Å². The van der Waals surface area contributed by atoms with Crippen molar-refractivity contribution in [3.05, 3.63) is 56.3 Å². The highest BCUT2D eigenvalue weighted by Crippen LogP contribution is 2.34. The number of thiophene rings is 1. The second kappa shape index (κ2) is 4.69. The first-order chi connectivity index (χ1) is 10.6. The second-order valence-corrected chi connectivity index (χ2v) is 6.61. The lowest BCUT2D eigenvalue weighted by Gasteiger charge is -2.03. The normalized spacial score (nSPS) is 11.6. The fourth-order valence-electron chi connectivity index (χ4n) is 2.74. The van der Waals surface area contributed by atoms with E-state index in [1.165, 1.54) is 4.68 Å². The molecule has 0 saturated carbocycles. The van der Waals surface area contributed by atoms with Crippen LogP contribution >= 0.6 is 22.9 Å². The minimum atomic E-state index is -0.112. The Kier molecular flexibility index (Phi) is 2.89. The maximum absolute atomic E-state index is 12.8. The van der Waals surface area contributed by atoms with Crippen LogP contribution in [0.4, 0.5) is 0 Å². The van der Waals surface area contributed by atoms with Crippen LogP contribution in [0.5, 0.6) is 0 Å². The van der Waals surface area contributed by atoms with Gasteiger partial charge in [-0.3, -0.25) is 4.79 Å². The summed E-state index contributed by atoms with van der Waals surface area (Å²) in [5.74, 6) is 0. The number of halogens is 1. The lowest BCUT2D eigenvalue weighted by Crippen LogP contribution is -2.15. The second-order valence-electron chi connectivity index (χ2n) is 5.29. The molecule has 0 aliphatic carbocycles. The highest BCUT2D eigenvalue weighted by Gasteiger charge is 2.23. The molecule has 3 heterocycles. The molecule has 22 heavy (non-hydrogen) atoms. The van der Waals surface area contributed by atoms with Gasteiger partial charge in [0.25, 0.3) is 5.56 Å². The molecule has 1 N–H and O–H groups in total. The lowest BCUT2D eigenvalue weighted by molar-refractivity contribution is 0.859. The van der Waals surface area contributed by atoms with E-state index in [4.69, 9.17) is 11.6 Å². The number of rotatable bonds is 1. The van der Waals surface area contributed by atoms with Gasteiger partial charge in [-0.1, -0.05) is 11.6 Å². The first-order valence-electron chi connectivity index (χ1n) is 6.81. The molecule has 0 saturated heterocycles. The van der Waals surface area contributed by atoms with Crippen molar-refractivity contribution in [2.24, 2.45) is 0 Å². The summed E-state index contributed by atoms with van der Waals surface area (Å²) in [7, 11) is 0. The van der Waals surface area contributed by atoms with E-state index in [0.717, 1.165) is 27.2 Å². The standard InChI is InChI=1S/C16H12ClN3OS/c1-8-7-22-15-12(8)14-13(9(2)18-15)16(21)20(19-14)11-5-3-10(17)4-6-11/h3-7,18H,1-2H3. The summed E-state index contributed by atoms with van der Waals surface area (Å²) in [5.41, 5.74) is 3.97. The molecular formula is C16H12ClN3OS. The van der Waals surface area contributed by atoms with Crippen molar-refractivity contribution in [3.63, 3.8) is 0 Å². The molecule has 0 radical (unpaired) electrons. The minimum Gasteiger partial charge on any atom is -0.350 e. The lowest BCUT2D eigenvalue weighted by atomic mass is 10.1. The predicted octanol–water partition coefficient (Wildman–Crippen LogP) is 4.15. The number of benzene rings is 1. The van der Waals surface area contributed by atoms with E-state index in [-0.39, 0.29) is 5.56 Å². The Balaban J connectivity index is 2.11. The van der Waals surface area contributed by atoms with E-state index < -0.39 is 0 Å². The predicted molar refractivity (Wildman–Crippen MR) is 90.7 cm³/mol. The van der Waals surface area contributed by atoms with Crippen molar-refractivity contribution in [1.82, 2.24) is 14.8 Å². The Hall–Kier alpha value is -2.11.